The molecular weight excluding hydrogens is 462 g/mol. The molecule has 1 heterocycles. The van der Waals surface area contributed by atoms with Crippen molar-refractivity contribution in [2.45, 2.75) is 32.8 Å². The Bertz CT molecular complexity index is 1190. The monoisotopic (exact) mass is 489 g/mol. The summed E-state index contributed by atoms with van der Waals surface area (Å²) in [4.78, 5) is 38.3. The number of ketones is 1. The van der Waals surface area contributed by atoms with Crippen molar-refractivity contribution >= 4 is 38.8 Å². The highest BCUT2D eigenvalue weighted by Gasteiger charge is 2.26. The van der Waals surface area contributed by atoms with E-state index in [1.807, 2.05) is 4.90 Å². The molecule has 0 aliphatic carbocycles. The minimum Gasteiger partial charge on any atom is -0.451 e. The summed E-state index contributed by atoms with van der Waals surface area (Å²) < 4.78 is 30.1. The predicted molar refractivity (Wildman–Crippen MR) is 128 cm³/mol. The van der Waals surface area contributed by atoms with Gasteiger partial charge in [0.1, 0.15) is 5.69 Å². The molecule has 0 radical (unpaired) electrons. The van der Waals surface area contributed by atoms with E-state index in [1.54, 1.807) is 6.07 Å². The van der Waals surface area contributed by atoms with Crippen molar-refractivity contribution in [2.24, 2.45) is 5.92 Å². The zero-order chi connectivity index (χ0) is 25.0. The van der Waals surface area contributed by atoms with Crippen molar-refractivity contribution < 1.29 is 27.7 Å². The van der Waals surface area contributed by atoms with Gasteiger partial charge in [0.15, 0.2) is 6.10 Å². The summed E-state index contributed by atoms with van der Waals surface area (Å²) in [6, 6.07) is 9.87. The summed E-state index contributed by atoms with van der Waals surface area (Å²) in [6.45, 7) is 4.96. The van der Waals surface area contributed by atoms with Crippen LogP contribution in [0.25, 0.3) is 0 Å². The number of anilines is 2. The molecule has 0 aromatic heterocycles. The highest BCUT2D eigenvalue weighted by atomic mass is 32.2. The third-order valence-electron chi connectivity index (χ3n) is 5.66. The molecule has 11 heteroatoms. The van der Waals surface area contributed by atoms with Gasteiger partial charge in [-0.2, -0.15) is 0 Å². The third kappa shape index (κ3) is 6.31. The number of hydrogen-bond acceptors (Lipinski definition) is 8. The van der Waals surface area contributed by atoms with Crippen LogP contribution in [0.5, 0.6) is 0 Å². The van der Waals surface area contributed by atoms with Gasteiger partial charge in [0.05, 0.1) is 16.7 Å². The Labute approximate surface area is 198 Å². The maximum atomic E-state index is 12.6. The Morgan fingerprint density at radius 3 is 2.26 bits per heavy atom. The average molecular weight is 490 g/mol. The van der Waals surface area contributed by atoms with E-state index in [0.717, 1.165) is 19.1 Å². The van der Waals surface area contributed by atoms with Crippen molar-refractivity contribution in [3.05, 3.63) is 63.7 Å². The van der Waals surface area contributed by atoms with Gasteiger partial charge in [-0.1, -0.05) is 6.92 Å². The summed E-state index contributed by atoms with van der Waals surface area (Å²) >= 11 is 0. The van der Waals surface area contributed by atoms with Crippen molar-refractivity contribution in [3.63, 3.8) is 0 Å². The molecule has 1 fully saturated rings. The van der Waals surface area contributed by atoms with Crippen LogP contribution in [0.15, 0.2) is 42.5 Å². The molecule has 34 heavy (non-hydrogen) atoms. The fourth-order valence-corrected chi connectivity index (χ4v) is 4.31. The lowest BCUT2D eigenvalue weighted by Crippen LogP contribution is -2.33. The van der Waals surface area contributed by atoms with Crippen LogP contribution in [0.2, 0.25) is 0 Å². The van der Waals surface area contributed by atoms with Gasteiger partial charge in [-0.25, -0.2) is 13.2 Å². The molecule has 1 atom stereocenters. The number of ether oxygens (including phenoxy) is 1. The van der Waals surface area contributed by atoms with Gasteiger partial charge >= 0.3 is 5.97 Å². The highest BCUT2D eigenvalue weighted by molar-refractivity contribution is 7.92. The van der Waals surface area contributed by atoms with Gasteiger partial charge in [-0.3, -0.25) is 19.6 Å². The van der Waals surface area contributed by atoms with Crippen LogP contribution >= 0.6 is 0 Å². The lowest BCUT2D eigenvalue weighted by Gasteiger charge is -2.31. The molecule has 0 bridgehead atoms. The number of sulfonamides is 1. The van der Waals surface area contributed by atoms with E-state index in [-0.39, 0.29) is 16.8 Å². The molecule has 2 aromatic carbocycles. The molecule has 10 nitrogen and oxygen atoms in total. The molecule has 1 N–H and O–H groups in total. The first-order valence-corrected chi connectivity index (χ1v) is 12.7. The SMILES string of the molecule is CC1CCN(c2ccc(C(=O)OC(C)C(=O)c3ccc(NS(C)(=O)=O)cc3)cc2[N+](=O)[O-])CC1. The maximum absolute atomic E-state index is 12.6. The number of Topliss-reactive ketones (excluding diaryl/α,β-unsaturated/α-hetero) is 1. The van der Waals surface area contributed by atoms with E-state index < -0.39 is 32.8 Å². The van der Waals surface area contributed by atoms with Crippen molar-refractivity contribution in [1.82, 2.24) is 0 Å². The zero-order valence-corrected chi connectivity index (χ0v) is 20.0. The lowest BCUT2D eigenvalue weighted by atomic mass is 9.98. The first kappa shape index (κ1) is 25.2. The first-order valence-electron chi connectivity index (χ1n) is 10.8. The number of rotatable bonds is 8. The molecular formula is C23H27N3O7S. The third-order valence-corrected chi connectivity index (χ3v) is 6.26. The van der Waals surface area contributed by atoms with Crippen LogP contribution in [0.3, 0.4) is 0 Å². The van der Waals surface area contributed by atoms with Crippen LogP contribution in [0, 0.1) is 16.0 Å². The zero-order valence-electron chi connectivity index (χ0n) is 19.2. The van der Waals surface area contributed by atoms with E-state index in [9.17, 15) is 28.1 Å². The number of esters is 1. The van der Waals surface area contributed by atoms with Gasteiger partial charge in [0.2, 0.25) is 15.8 Å². The summed E-state index contributed by atoms with van der Waals surface area (Å²) in [7, 11) is -3.45. The summed E-state index contributed by atoms with van der Waals surface area (Å²) in [5.41, 5.74) is 0.768. The average Bonchev–Trinajstić information content (AvgIpc) is 2.78. The maximum Gasteiger partial charge on any atom is 0.339 e. The Morgan fingerprint density at radius 2 is 1.71 bits per heavy atom. The normalized spacial score (nSPS) is 15.4. The first-order chi connectivity index (χ1) is 15.9. The smallest absolute Gasteiger partial charge is 0.339 e. The minimum atomic E-state index is -3.45. The summed E-state index contributed by atoms with van der Waals surface area (Å²) in [5.74, 6) is -0.776. The molecule has 0 saturated carbocycles. The summed E-state index contributed by atoms with van der Waals surface area (Å²) in [6.07, 6.45) is 1.73. The second kappa shape index (κ2) is 10.2. The molecule has 1 saturated heterocycles. The fraction of sp³-hybridized carbons (Fsp3) is 0.391. The number of piperidine rings is 1. The van der Waals surface area contributed by atoms with E-state index in [2.05, 4.69) is 11.6 Å². The molecule has 1 aliphatic rings. The molecule has 1 aliphatic heterocycles. The number of nitro groups is 1. The van der Waals surface area contributed by atoms with Gasteiger partial charge in [-0.15, -0.1) is 0 Å². The molecule has 3 rings (SSSR count). The second-order valence-corrected chi connectivity index (χ2v) is 10.2. The highest BCUT2D eigenvalue weighted by Crippen LogP contribution is 2.32. The van der Waals surface area contributed by atoms with Gasteiger partial charge in [-0.05, 0) is 62.1 Å². The van der Waals surface area contributed by atoms with Crippen molar-refractivity contribution in [1.29, 1.82) is 0 Å². The largest absolute Gasteiger partial charge is 0.451 e. The minimum absolute atomic E-state index is 0.0202. The lowest BCUT2D eigenvalue weighted by molar-refractivity contribution is -0.384. The second-order valence-electron chi connectivity index (χ2n) is 8.49. The number of nitro benzene ring substituents is 1. The van der Waals surface area contributed by atoms with Crippen LogP contribution in [0.4, 0.5) is 17.1 Å². The quantitative estimate of drug-likeness (QED) is 0.257. The van der Waals surface area contributed by atoms with E-state index >= 15 is 0 Å². The van der Waals surface area contributed by atoms with Crippen LogP contribution in [0.1, 0.15) is 47.4 Å². The van der Waals surface area contributed by atoms with E-state index in [1.165, 1.54) is 43.3 Å². The number of nitrogens with zero attached hydrogens (tertiary/aromatic N) is 2. The number of carbonyl (C=O) groups excluding carboxylic acids is 2. The summed E-state index contributed by atoms with van der Waals surface area (Å²) in [5, 5.41) is 11.7. The van der Waals surface area contributed by atoms with E-state index in [0.29, 0.717) is 30.4 Å². The fourth-order valence-electron chi connectivity index (χ4n) is 3.75. The van der Waals surface area contributed by atoms with Gasteiger partial charge in [0.25, 0.3) is 5.69 Å². The molecule has 182 valence electrons. The predicted octanol–water partition coefficient (Wildman–Crippen LogP) is 3.63. The van der Waals surface area contributed by atoms with Gasteiger partial charge in [0, 0.05) is 30.4 Å². The van der Waals surface area contributed by atoms with E-state index in [4.69, 9.17) is 4.74 Å². The Kier molecular flexibility index (Phi) is 7.55. The molecule has 0 amide bonds. The molecule has 1 unspecified atom stereocenters. The Morgan fingerprint density at radius 1 is 1.12 bits per heavy atom. The Balaban J connectivity index is 1.71. The standard InChI is InChI=1S/C23H27N3O7S/c1-15-10-12-25(13-11-15)20-9-6-18(14-21(20)26(29)30)23(28)33-16(2)22(27)17-4-7-19(8-5-17)24-34(3,31)32/h4-9,14-16,24H,10-13H2,1-3H3. The molecule has 0 spiro atoms. The van der Waals surface area contributed by atoms with Crippen molar-refractivity contribution in [3.8, 4) is 0 Å². The van der Waals surface area contributed by atoms with Crippen LogP contribution < -0.4 is 9.62 Å². The Hall–Kier alpha value is -3.47. The molecule has 2 aromatic rings. The van der Waals surface area contributed by atoms with Crippen molar-refractivity contribution in [2.75, 3.05) is 29.0 Å². The van der Waals surface area contributed by atoms with Gasteiger partial charge < -0.3 is 9.64 Å². The topological polar surface area (TPSA) is 136 Å². The number of carbonyl (C=O) groups is 2. The van der Waals surface area contributed by atoms with Crippen LogP contribution in [-0.2, 0) is 14.8 Å². The number of nitrogens with one attached hydrogen (secondary N) is 1. The van der Waals surface area contributed by atoms with Crippen LogP contribution in [-0.4, -0.2) is 50.5 Å². The number of benzene rings is 2. The number of hydrogen-bond donors (Lipinski definition) is 1.